The van der Waals surface area contributed by atoms with Gasteiger partial charge in [0, 0.05) is 5.56 Å². The molecule has 2 aromatic carbocycles. The van der Waals surface area contributed by atoms with E-state index in [1.807, 2.05) is 24.3 Å². The minimum Gasteiger partial charge on any atom is -0.451 e. The third-order valence-corrected chi connectivity index (χ3v) is 4.99. The van der Waals surface area contributed by atoms with Crippen LogP contribution in [0, 0.1) is 0 Å². The molecule has 0 fully saturated rings. The maximum Gasteiger partial charge on any atom is 0.338 e. The van der Waals surface area contributed by atoms with Crippen molar-refractivity contribution in [2.24, 2.45) is 0 Å². The highest BCUT2D eigenvalue weighted by Crippen LogP contribution is 2.24. The molecule has 0 unspecified atom stereocenters. The summed E-state index contributed by atoms with van der Waals surface area (Å²) in [6.45, 7) is 2.72. The Labute approximate surface area is 146 Å². The van der Waals surface area contributed by atoms with Gasteiger partial charge in [0.25, 0.3) is 0 Å². The quantitative estimate of drug-likeness (QED) is 0.632. The second-order valence-corrected chi connectivity index (χ2v) is 6.73. The van der Waals surface area contributed by atoms with Crippen molar-refractivity contribution in [2.45, 2.75) is 45.5 Å². The van der Waals surface area contributed by atoms with Crippen LogP contribution in [0.4, 0.5) is 0 Å². The van der Waals surface area contributed by atoms with Gasteiger partial charge in [-0.3, -0.25) is 4.79 Å². The lowest BCUT2D eigenvalue weighted by atomic mass is 10.0. The molecule has 25 heavy (non-hydrogen) atoms. The van der Waals surface area contributed by atoms with Crippen molar-refractivity contribution in [1.29, 1.82) is 0 Å². The Morgan fingerprint density at radius 1 is 0.920 bits per heavy atom. The molecule has 128 valence electrons. The van der Waals surface area contributed by atoms with Crippen LogP contribution in [-0.2, 0) is 35.5 Å². The molecule has 1 heterocycles. The Bertz CT molecular complexity index is 853. The molecular formula is C21H20O4. The molecule has 4 nitrogen and oxygen atoms in total. The highest BCUT2D eigenvalue weighted by atomic mass is 16.5. The van der Waals surface area contributed by atoms with Gasteiger partial charge in [-0.25, -0.2) is 4.79 Å². The van der Waals surface area contributed by atoms with Crippen LogP contribution >= 0.6 is 0 Å². The van der Waals surface area contributed by atoms with Gasteiger partial charge in [0.1, 0.15) is 0 Å². The monoisotopic (exact) mass is 336 g/mol. The number of Topliss-reactive ketones (excluding diaryl/α,β-unsaturated/α-hetero) is 1. The zero-order valence-electron chi connectivity index (χ0n) is 14.2. The van der Waals surface area contributed by atoms with Crippen LogP contribution in [-0.4, -0.2) is 17.9 Å². The predicted molar refractivity (Wildman–Crippen MR) is 92.6 cm³/mol. The molecule has 1 atom stereocenters. The normalized spacial score (nSPS) is 16.2. The molecule has 0 N–H and O–H groups in total. The van der Waals surface area contributed by atoms with Crippen molar-refractivity contribution < 1.29 is 19.1 Å². The SMILES string of the molecule is C[C@@H](OC(=O)c1ccc2c(c1)COC2)C(=O)c1ccc2c(c1)CCC2. The maximum atomic E-state index is 12.6. The Morgan fingerprint density at radius 3 is 2.48 bits per heavy atom. The second kappa shape index (κ2) is 6.45. The second-order valence-electron chi connectivity index (χ2n) is 6.73. The van der Waals surface area contributed by atoms with E-state index in [0.29, 0.717) is 24.3 Å². The number of hydrogen-bond acceptors (Lipinski definition) is 4. The Balaban J connectivity index is 1.46. The van der Waals surface area contributed by atoms with E-state index in [9.17, 15) is 9.59 Å². The largest absolute Gasteiger partial charge is 0.451 e. The number of carbonyl (C=O) groups excluding carboxylic acids is 2. The molecule has 0 aromatic heterocycles. The van der Waals surface area contributed by atoms with Crippen LogP contribution in [0.25, 0.3) is 0 Å². The van der Waals surface area contributed by atoms with E-state index < -0.39 is 12.1 Å². The Kier molecular flexibility index (Phi) is 4.14. The number of esters is 1. The zero-order chi connectivity index (χ0) is 17.4. The van der Waals surface area contributed by atoms with Gasteiger partial charge in [-0.1, -0.05) is 18.2 Å². The lowest BCUT2D eigenvalue weighted by molar-refractivity contribution is 0.0318. The fourth-order valence-corrected chi connectivity index (χ4v) is 3.54. The number of fused-ring (bicyclic) bond motifs is 2. The van der Waals surface area contributed by atoms with E-state index in [0.717, 1.165) is 30.4 Å². The number of aryl methyl sites for hydroxylation is 2. The van der Waals surface area contributed by atoms with Gasteiger partial charge >= 0.3 is 5.97 Å². The van der Waals surface area contributed by atoms with Crippen LogP contribution in [0.15, 0.2) is 36.4 Å². The molecule has 1 aliphatic carbocycles. The van der Waals surface area contributed by atoms with E-state index in [-0.39, 0.29) is 5.78 Å². The van der Waals surface area contributed by atoms with Crippen molar-refractivity contribution in [3.05, 3.63) is 69.8 Å². The summed E-state index contributed by atoms with van der Waals surface area (Å²) >= 11 is 0. The van der Waals surface area contributed by atoms with Crippen LogP contribution in [0.3, 0.4) is 0 Å². The average molecular weight is 336 g/mol. The summed E-state index contributed by atoms with van der Waals surface area (Å²) in [5, 5.41) is 0. The van der Waals surface area contributed by atoms with Gasteiger partial charge in [-0.2, -0.15) is 0 Å². The van der Waals surface area contributed by atoms with Crippen molar-refractivity contribution in [1.82, 2.24) is 0 Å². The molecule has 0 amide bonds. The Morgan fingerprint density at radius 2 is 1.60 bits per heavy atom. The minimum absolute atomic E-state index is 0.160. The number of ketones is 1. The lowest BCUT2D eigenvalue weighted by Gasteiger charge is -2.13. The number of benzene rings is 2. The fraction of sp³-hybridized carbons (Fsp3) is 0.333. The van der Waals surface area contributed by atoms with Gasteiger partial charge in [-0.05, 0) is 66.6 Å². The maximum absolute atomic E-state index is 12.6. The van der Waals surface area contributed by atoms with E-state index in [1.165, 1.54) is 11.1 Å². The summed E-state index contributed by atoms with van der Waals surface area (Å²) in [7, 11) is 0. The topological polar surface area (TPSA) is 52.6 Å². The smallest absolute Gasteiger partial charge is 0.338 e. The average Bonchev–Trinajstić information content (AvgIpc) is 3.28. The summed E-state index contributed by atoms with van der Waals surface area (Å²) < 4.78 is 10.8. The number of hydrogen-bond donors (Lipinski definition) is 0. The van der Waals surface area contributed by atoms with E-state index >= 15 is 0 Å². The van der Waals surface area contributed by atoms with Crippen molar-refractivity contribution in [3.8, 4) is 0 Å². The first-order chi connectivity index (χ1) is 12.1. The van der Waals surface area contributed by atoms with Crippen LogP contribution in [0.2, 0.25) is 0 Å². The fourth-order valence-electron chi connectivity index (χ4n) is 3.54. The highest BCUT2D eigenvalue weighted by Gasteiger charge is 2.23. The Hall–Kier alpha value is -2.46. The molecule has 2 aromatic rings. The molecular weight excluding hydrogens is 316 g/mol. The molecule has 0 saturated heterocycles. The van der Waals surface area contributed by atoms with Crippen LogP contribution < -0.4 is 0 Å². The summed E-state index contributed by atoms with van der Waals surface area (Å²) in [6.07, 6.45) is 2.43. The zero-order valence-corrected chi connectivity index (χ0v) is 14.2. The number of ether oxygens (including phenoxy) is 2. The molecule has 0 saturated carbocycles. The van der Waals surface area contributed by atoms with Crippen molar-refractivity contribution in [3.63, 3.8) is 0 Å². The van der Waals surface area contributed by atoms with Crippen LogP contribution in [0.1, 0.15) is 56.3 Å². The standard InChI is InChI=1S/C21H20O4/c1-13(20(22)16-6-5-14-3-2-4-15(14)9-16)25-21(23)17-7-8-18-11-24-12-19(18)10-17/h5-10,13H,2-4,11-12H2,1H3/t13-/m1/s1. The van der Waals surface area contributed by atoms with Crippen LogP contribution in [0.5, 0.6) is 0 Å². The molecule has 0 spiro atoms. The summed E-state index contributed by atoms with van der Waals surface area (Å²) in [5.41, 5.74) is 5.73. The van der Waals surface area contributed by atoms with Gasteiger partial charge < -0.3 is 9.47 Å². The summed E-state index contributed by atoms with van der Waals surface area (Å²) in [6, 6.07) is 11.2. The first-order valence-corrected chi connectivity index (χ1v) is 8.68. The van der Waals surface area contributed by atoms with E-state index in [4.69, 9.17) is 9.47 Å². The number of carbonyl (C=O) groups is 2. The third kappa shape index (κ3) is 3.10. The van der Waals surface area contributed by atoms with Gasteiger partial charge in [-0.15, -0.1) is 0 Å². The van der Waals surface area contributed by atoms with Gasteiger partial charge in [0.05, 0.1) is 18.8 Å². The third-order valence-electron chi connectivity index (χ3n) is 4.99. The lowest BCUT2D eigenvalue weighted by Crippen LogP contribution is -2.24. The minimum atomic E-state index is -0.809. The van der Waals surface area contributed by atoms with E-state index in [1.54, 1.807) is 19.1 Å². The number of rotatable bonds is 4. The molecule has 4 rings (SSSR count). The predicted octanol–water partition coefficient (Wildman–Crippen LogP) is 3.63. The van der Waals surface area contributed by atoms with Crippen molar-refractivity contribution >= 4 is 11.8 Å². The molecule has 1 aliphatic heterocycles. The molecule has 0 bridgehead atoms. The van der Waals surface area contributed by atoms with Gasteiger partial charge in [0.15, 0.2) is 6.10 Å². The van der Waals surface area contributed by atoms with Crippen molar-refractivity contribution in [2.75, 3.05) is 0 Å². The van der Waals surface area contributed by atoms with Gasteiger partial charge in [0.2, 0.25) is 5.78 Å². The van der Waals surface area contributed by atoms with E-state index in [2.05, 4.69) is 0 Å². The summed E-state index contributed by atoms with van der Waals surface area (Å²) in [4.78, 5) is 25.0. The first kappa shape index (κ1) is 16.0. The molecule has 0 radical (unpaired) electrons. The first-order valence-electron chi connectivity index (χ1n) is 8.68. The highest BCUT2D eigenvalue weighted by molar-refractivity contribution is 6.01. The molecule has 2 aliphatic rings. The molecule has 4 heteroatoms. The summed E-state index contributed by atoms with van der Waals surface area (Å²) in [5.74, 6) is -0.635.